The largest absolute Gasteiger partial charge is 0.313 e. The minimum atomic E-state index is -3.71. The maximum atomic E-state index is 14.0. The highest BCUT2D eigenvalue weighted by atomic mass is 32.2. The Morgan fingerprint density at radius 1 is 1.43 bits per heavy atom. The third kappa shape index (κ3) is 4.36. The number of nitrogens with one attached hydrogen (secondary N) is 1. The third-order valence-corrected chi connectivity index (χ3v) is 5.14. The second-order valence-electron chi connectivity index (χ2n) is 4.95. The predicted octanol–water partition coefficient (Wildman–Crippen LogP) is 2.44. The summed E-state index contributed by atoms with van der Waals surface area (Å²) in [5.74, 6) is -0.503. The van der Waals surface area contributed by atoms with Crippen molar-refractivity contribution < 1.29 is 12.8 Å². The molecule has 1 aromatic carbocycles. The molecule has 1 N–H and O–H groups in total. The molecule has 21 heavy (non-hydrogen) atoms. The fourth-order valence-electron chi connectivity index (χ4n) is 1.93. The molecule has 0 radical (unpaired) electrons. The SMILES string of the molecule is C=CCN(C)S(=O)(=O)c1cc(CNCCC)cc(F)c1C. The molecule has 0 bridgehead atoms. The first-order valence-corrected chi connectivity index (χ1v) is 8.35. The molecule has 0 saturated heterocycles. The Hall–Kier alpha value is -1.24. The highest BCUT2D eigenvalue weighted by Gasteiger charge is 2.24. The van der Waals surface area contributed by atoms with Crippen LogP contribution in [0.4, 0.5) is 4.39 Å². The van der Waals surface area contributed by atoms with E-state index < -0.39 is 15.8 Å². The van der Waals surface area contributed by atoms with Crippen molar-refractivity contribution in [2.45, 2.75) is 31.7 Å². The van der Waals surface area contributed by atoms with Crippen LogP contribution in [0.1, 0.15) is 24.5 Å². The van der Waals surface area contributed by atoms with E-state index in [-0.39, 0.29) is 17.0 Å². The van der Waals surface area contributed by atoms with Gasteiger partial charge in [0.1, 0.15) is 5.82 Å². The first-order chi connectivity index (χ1) is 9.84. The second-order valence-corrected chi connectivity index (χ2v) is 6.97. The lowest BCUT2D eigenvalue weighted by atomic mass is 10.1. The van der Waals surface area contributed by atoms with Gasteiger partial charge in [0, 0.05) is 25.7 Å². The van der Waals surface area contributed by atoms with Gasteiger partial charge >= 0.3 is 0 Å². The van der Waals surface area contributed by atoms with Gasteiger partial charge in [-0.05, 0) is 37.6 Å². The quantitative estimate of drug-likeness (QED) is 0.592. The molecule has 0 spiro atoms. The van der Waals surface area contributed by atoms with Crippen molar-refractivity contribution in [3.05, 3.63) is 41.7 Å². The molecule has 0 atom stereocenters. The summed E-state index contributed by atoms with van der Waals surface area (Å²) < 4.78 is 40.1. The van der Waals surface area contributed by atoms with Crippen LogP contribution < -0.4 is 5.32 Å². The highest BCUT2D eigenvalue weighted by molar-refractivity contribution is 7.89. The Kier molecular flexibility index (Phi) is 6.51. The van der Waals surface area contributed by atoms with Crippen LogP contribution in [0.15, 0.2) is 29.7 Å². The van der Waals surface area contributed by atoms with E-state index in [0.717, 1.165) is 17.3 Å². The third-order valence-electron chi connectivity index (χ3n) is 3.19. The van der Waals surface area contributed by atoms with E-state index in [1.54, 1.807) is 0 Å². The Labute approximate surface area is 126 Å². The number of hydrogen-bond donors (Lipinski definition) is 1. The molecule has 0 unspecified atom stereocenters. The molecular weight excluding hydrogens is 291 g/mol. The summed E-state index contributed by atoms with van der Waals surface area (Å²) in [7, 11) is -2.26. The van der Waals surface area contributed by atoms with Crippen LogP contribution in [0.5, 0.6) is 0 Å². The van der Waals surface area contributed by atoms with Crippen molar-refractivity contribution in [1.82, 2.24) is 9.62 Å². The van der Waals surface area contributed by atoms with E-state index in [1.807, 2.05) is 6.92 Å². The van der Waals surface area contributed by atoms with Gasteiger partial charge in [0.05, 0.1) is 4.90 Å². The summed E-state index contributed by atoms with van der Waals surface area (Å²) in [5.41, 5.74) is 0.766. The second kappa shape index (κ2) is 7.68. The minimum absolute atomic E-state index is 0.0140. The standard InChI is InChI=1S/C15H23FN2O2S/c1-5-7-17-11-13-9-14(16)12(3)15(10-13)21(19,20)18(4)8-6-2/h6,9-10,17H,2,5,7-8,11H2,1,3-4H3. The van der Waals surface area contributed by atoms with Gasteiger partial charge in [0.25, 0.3) is 0 Å². The predicted molar refractivity (Wildman–Crippen MR) is 83.1 cm³/mol. The molecule has 0 aliphatic heterocycles. The summed E-state index contributed by atoms with van der Waals surface area (Å²) in [4.78, 5) is 0.0140. The zero-order valence-electron chi connectivity index (χ0n) is 12.8. The monoisotopic (exact) mass is 314 g/mol. The first kappa shape index (κ1) is 17.8. The molecule has 1 rings (SSSR count). The molecule has 0 aromatic heterocycles. The number of benzene rings is 1. The van der Waals surface area contributed by atoms with Crippen molar-refractivity contribution in [2.75, 3.05) is 20.1 Å². The Morgan fingerprint density at radius 2 is 2.10 bits per heavy atom. The fraction of sp³-hybridized carbons (Fsp3) is 0.467. The Balaban J connectivity index is 3.19. The van der Waals surface area contributed by atoms with Crippen LogP contribution in [-0.4, -0.2) is 32.9 Å². The summed E-state index contributed by atoms with van der Waals surface area (Å²) >= 11 is 0. The molecule has 0 fully saturated rings. The van der Waals surface area contributed by atoms with Gasteiger partial charge in [0.2, 0.25) is 10.0 Å². The topological polar surface area (TPSA) is 49.4 Å². The lowest BCUT2D eigenvalue weighted by Gasteiger charge is -2.18. The molecule has 6 heteroatoms. The molecule has 0 aliphatic carbocycles. The Morgan fingerprint density at radius 3 is 2.67 bits per heavy atom. The van der Waals surface area contributed by atoms with Gasteiger partial charge in [-0.3, -0.25) is 0 Å². The summed E-state index contributed by atoms with van der Waals surface area (Å²) in [6, 6.07) is 2.92. The first-order valence-electron chi connectivity index (χ1n) is 6.91. The fourth-order valence-corrected chi connectivity index (χ4v) is 3.36. The van der Waals surface area contributed by atoms with E-state index >= 15 is 0 Å². The number of rotatable bonds is 8. The van der Waals surface area contributed by atoms with E-state index in [4.69, 9.17) is 0 Å². The Bertz CT molecular complexity index is 600. The zero-order chi connectivity index (χ0) is 16.0. The maximum Gasteiger partial charge on any atom is 0.243 e. The van der Waals surface area contributed by atoms with Crippen LogP contribution >= 0.6 is 0 Å². The molecule has 0 saturated carbocycles. The maximum absolute atomic E-state index is 14.0. The molecule has 118 valence electrons. The van der Waals surface area contributed by atoms with Crippen molar-refractivity contribution >= 4 is 10.0 Å². The summed E-state index contributed by atoms with van der Waals surface area (Å²) in [6.07, 6.45) is 2.46. The van der Waals surface area contributed by atoms with Crippen LogP contribution in [0, 0.1) is 12.7 Å². The van der Waals surface area contributed by atoms with Crippen molar-refractivity contribution in [3.63, 3.8) is 0 Å². The van der Waals surface area contributed by atoms with Crippen molar-refractivity contribution in [2.24, 2.45) is 0 Å². The average molecular weight is 314 g/mol. The number of nitrogens with zero attached hydrogens (tertiary/aromatic N) is 1. The van der Waals surface area contributed by atoms with E-state index in [0.29, 0.717) is 12.1 Å². The number of sulfonamides is 1. The molecule has 4 nitrogen and oxygen atoms in total. The van der Waals surface area contributed by atoms with Gasteiger partial charge in [-0.15, -0.1) is 6.58 Å². The normalized spacial score (nSPS) is 11.9. The van der Waals surface area contributed by atoms with Crippen LogP contribution in [-0.2, 0) is 16.6 Å². The number of hydrogen-bond acceptors (Lipinski definition) is 3. The smallest absolute Gasteiger partial charge is 0.243 e. The van der Waals surface area contributed by atoms with Gasteiger partial charge in [0.15, 0.2) is 0 Å². The number of halogens is 1. The van der Waals surface area contributed by atoms with Crippen LogP contribution in [0.2, 0.25) is 0 Å². The molecular formula is C15H23FN2O2S. The van der Waals surface area contributed by atoms with Crippen LogP contribution in [0.3, 0.4) is 0 Å². The van der Waals surface area contributed by atoms with Gasteiger partial charge in [-0.1, -0.05) is 13.0 Å². The minimum Gasteiger partial charge on any atom is -0.313 e. The van der Waals surface area contributed by atoms with Gasteiger partial charge < -0.3 is 5.32 Å². The average Bonchev–Trinajstić information content (AvgIpc) is 2.42. The van der Waals surface area contributed by atoms with Gasteiger partial charge in [-0.25, -0.2) is 12.8 Å². The number of likely N-dealkylation sites (N-methyl/N-ethyl adjacent to an activating group) is 1. The van der Waals surface area contributed by atoms with E-state index in [2.05, 4.69) is 11.9 Å². The summed E-state index contributed by atoms with van der Waals surface area (Å²) in [6.45, 7) is 8.46. The lowest BCUT2D eigenvalue weighted by molar-refractivity contribution is 0.496. The molecule has 1 aromatic rings. The van der Waals surface area contributed by atoms with E-state index in [9.17, 15) is 12.8 Å². The van der Waals surface area contributed by atoms with Crippen molar-refractivity contribution in [1.29, 1.82) is 0 Å². The van der Waals surface area contributed by atoms with Crippen molar-refractivity contribution in [3.8, 4) is 0 Å². The lowest BCUT2D eigenvalue weighted by Crippen LogP contribution is -2.28. The van der Waals surface area contributed by atoms with E-state index in [1.165, 1.54) is 32.2 Å². The van der Waals surface area contributed by atoms with Crippen LogP contribution in [0.25, 0.3) is 0 Å². The zero-order valence-corrected chi connectivity index (χ0v) is 13.6. The molecule has 0 aliphatic rings. The highest BCUT2D eigenvalue weighted by Crippen LogP contribution is 2.23. The molecule has 0 amide bonds. The summed E-state index contributed by atoms with van der Waals surface area (Å²) in [5, 5.41) is 3.14. The molecule has 0 heterocycles. The van der Waals surface area contributed by atoms with Gasteiger partial charge in [-0.2, -0.15) is 4.31 Å².